The summed E-state index contributed by atoms with van der Waals surface area (Å²) in [5, 5.41) is 6.03. The van der Waals surface area contributed by atoms with E-state index in [1.807, 2.05) is 11.4 Å². The number of benzene rings is 1. The number of aromatic nitrogens is 1. The Balaban J connectivity index is 1.42. The van der Waals surface area contributed by atoms with Gasteiger partial charge in [-0.2, -0.15) is 0 Å². The zero-order chi connectivity index (χ0) is 15.9. The minimum atomic E-state index is 0.0282. The second-order valence-electron chi connectivity index (χ2n) is 5.83. The number of ether oxygens (including phenoxy) is 1. The number of amides is 1. The summed E-state index contributed by atoms with van der Waals surface area (Å²) in [4.78, 5) is 16.5. The van der Waals surface area contributed by atoms with Crippen LogP contribution in [0.4, 0.5) is 0 Å². The number of nitrogens with one attached hydrogen (secondary N) is 1. The molecule has 1 fully saturated rings. The van der Waals surface area contributed by atoms with Crippen molar-refractivity contribution in [3.8, 4) is 0 Å². The van der Waals surface area contributed by atoms with Crippen LogP contribution in [-0.2, 0) is 28.8 Å². The Hall–Kier alpha value is -1.72. The molecule has 1 aromatic carbocycles. The zero-order valence-corrected chi connectivity index (χ0v) is 14.0. The Labute approximate surface area is 140 Å². The average Bonchev–Trinajstić information content (AvgIpc) is 3.24. The molecule has 0 saturated carbocycles. The van der Waals surface area contributed by atoms with Gasteiger partial charge in [-0.05, 0) is 24.8 Å². The summed E-state index contributed by atoms with van der Waals surface area (Å²) in [5.74, 6) is 0.0282. The number of hydrogen-bond acceptors (Lipinski definition) is 4. The van der Waals surface area contributed by atoms with Gasteiger partial charge < -0.3 is 10.1 Å². The highest BCUT2D eigenvalue weighted by Crippen LogP contribution is 2.14. The van der Waals surface area contributed by atoms with Crippen molar-refractivity contribution >= 4 is 17.2 Å². The third-order valence-electron chi connectivity index (χ3n) is 3.96. The average molecular weight is 330 g/mol. The van der Waals surface area contributed by atoms with E-state index in [9.17, 15) is 4.79 Å². The standard InChI is InChI=1S/C18H22N2O2S/c21-17(19-12-16-7-4-10-22-16)11-15-13-23-18(20-15)9-8-14-5-2-1-3-6-14/h1-3,5-6,13,16H,4,7-12H2,(H,19,21). The molecule has 23 heavy (non-hydrogen) atoms. The van der Waals surface area contributed by atoms with Crippen molar-refractivity contribution in [1.82, 2.24) is 10.3 Å². The van der Waals surface area contributed by atoms with Crippen molar-refractivity contribution in [2.24, 2.45) is 0 Å². The molecule has 0 spiro atoms. The van der Waals surface area contributed by atoms with Crippen LogP contribution in [0, 0.1) is 0 Å². The predicted octanol–water partition coefficient (Wildman–Crippen LogP) is 2.77. The molecule has 1 N–H and O–H groups in total. The van der Waals surface area contributed by atoms with E-state index in [1.54, 1.807) is 11.3 Å². The number of nitrogens with zero attached hydrogens (tertiary/aromatic N) is 1. The molecule has 1 aliphatic rings. The molecule has 5 heteroatoms. The zero-order valence-electron chi connectivity index (χ0n) is 13.2. The van der Waals surface area contributed by atoms with Crippen LogP contribution in [0.15, 0.2) is 35.7 Å². The van der Waals surface area contributed by atoms with Gasteiger partial charge in [0.25, 0.3) is 0 Å². The largest absolute Gasteiger partial charge is 0.376 e. The van der Waals surface area contributed by atoms with Crippen molar-refractivity contribution in [2.75, 3.05) is 13.2 Å². The number of rotatable bonds is 7. The van der Waals surface area contributed by atoms with Crippen LogP contribution in [0.2, 0.25) is 0 Å². The molecule has 0 bridgehead atoms. The monoisotopic (exact) mass is 330 g/mol. The van der Waals surface area contributed by atoms with Crippen LogP contribution >= 0.6 is 11.3 Å². The van der Waals surface area contributed by atoms with Crippen molar-refractivity contribution in [3.63, 3.8) is 0 Å². The van der Waals surface area contributed by atoms with Crippen LogP contribution in [0.5, 0.6) is 0 Å². The molecule has 1 aliphatic heterocycles. The Morgan fingerprint density at radius 2 is 2.17 bits per heavy atom. The summed E-state index contributed by atoms with van der Waals surface area (Å²) < 4.78 is 5.50. The summed E-state index contributed by atoms with van der Waals surface area (Å²) in [6, 6.07) is 10.4. The first-order valence-corrected chi connectivity index (χ1v) is 9.03. The smallest absolute Gasteiger partial charge is 0.226 e. The molecule has 1 saturated heterocycles. The van der Waals surface area contributed by atoms with E-state index in [2.05, 4.69) is 34.6 Å². The molecule has 1 atom stereocenters. The summed E-state index contributed by atoms with van der Waals surface area (Å²) in [5.41, 5.74) is 2.18. The molecule has 1 unspecified atom stereocenters. The van der Waals surface area contributed by atoms with Gasteiger partial charge in [0.05, 0.1) is 23.2 Å². The lowest BCUT2D eigenvalue weighted by atomic mass is 10.1. The van der Waals surface area contributed by atoms with E-state index < -0.39 is 0 Å². The number of hydrogen-bond donors (Lipinski definition) is 1. The van der Waals surface area contributed by atoms with Gasteiger partial charge in [-0.25, -0.2) is 4.98 Å². The van der Waals surface area contributed by atoms with Crippen molar-refractivity contribution in [2.45, 2.75) is 38.2 Å². The maximum atomic E-state index is 12.0. The topological polar surface area (TPSA) is 51.2 Å². The Bertz CT molecular complexity index is 621. The molecule has 3 rings (SSSR count). The van der Waals surface area contributed by atoms with E-state index >= 15 is 0 Å². The molecule has 122 valence electrons. The van der Waals surface area contributed by atoms with E-state index in [-0.39, 0.29) is 12.0 Å². The van der Waals surface area contributed by atoms with E-state index in [0.29, 0.717) is 13.0 Å². The van der Waals surface area contributed by atoms with Crippen LogP contribution in [0.25, 0.3) is 0 Å². The number of aryl methyl sites for hydroxylation is 2. The lowest BCUT2D eigenvalue weighted by Crippen LogP contribution is -2.32. The van der Waals surface area contributed by atoms with Gasteiger partial charge in [-0.3, -0.25) is 4.79 Å². The molecule has 4 nitrogen and oxygen atoms in total. The molecular formula is C18H22N2O2S. The first-order valence-electron chi connectivity index (χ1n) is 8.15. The molecular weight excluding hydrogens is 308 g/mol. The Morgan fingerprint density at radius 3 is 2.96 bits per heavy atom. The summed E-state index contributed by atoms with van der Waals surface area (Å²) in [6.45, 7) is 1.43. The van der Waals surface area contributed by atoms with Crippen LogP contribution in [0.1, 0.15) is 29.1 Å². The second kappa shape index (κ2) is 8.22. The second-order valence-corrected chi connectivity index (χ2v) is 6.78. The summed E-state index contributed by atoms with van der Waals surface area (Å²) in [6.07, 6.45) is 4.59. The molecule has 0 aliphatic carbocycles. The van der Waals surface area contributed by atoms with E-state index in [1.165, 1.54) is 5.56 Å². The maximum Gasteiger partial charge on any atom is 0.226 e. The van der Waals surface area contributed by atoms with E-state index in [4.69, 9.17) is 4.74 Å². The first kappa shape index (κ1) is 16.1. The lowest BCUT2D eigenvalue weighted by Gasteiger charge is -2.09. The first-order chi connectivity index (χ1) is 11.3. The normalized spacial score (nSPS) is 17.3. The molecule has 2 heterocycles. The number of carbonyl (C=O) groups excluding carboxylic acids is 1. The van der Waals surface area contributed by atoms with Gasteiger partial charge in [0, 0.05) is 25.0 Å². The van der Waals surface area contributed by atoms with Gasteiger partial charge in [0.1, 0.15) is 0 Å². The number of carbonyl (C=O) groups is 1. The molecule has 1 amide bonds. The Morgan fingerprint density at radius 1 is 1.30 bits per heavy atom. The van der Waals surface area contributed by atoms with Gasteiger partial charge >= 0.3 is 0 Å². The van der Waals surface area contributed by atoms with Gasteiger partial charge in [0.15, 0.2) is 0 Å². The lowest BCUT2D eigenvalue weighted by molar-refractivity contribution is -0.121. The third kappa shape index (κ3) is 5.15. The minimum absolute atomic E-state index is 0.0282. The fourth-order valence-electron chi connectivity index (χ4n) is 2.70. The quantitative estimate of drug-likeness (QED) is 0.849. The third-order valence-corrected chi connectivity index (χ3v) is 4.92. The Kier molecular flexibility index (Phi) is 5.77. The van der Waals surface area contributed by atoms with Crippen molar-refractivity contribution in [1.29, 1.82) is 0 Å². The highest BCUT2D eigenvalue weighted by atomic mass is 32.1. The van der Waals surface area contributed by atoms with Gasteiger partial charge in [0.2, 0.25) is 5.91 Å². The van der Waals surface area contributed by atoms with Crippen LogP contribution in [-0.4, -0.2) is 30.1 Å². The van der Waals surface area contributed by atoms with Gasteiger partial charge in [-0.1, -0.05) is 30.3 Å². The molecule has 0 radical (unpaired) electrons. The number of thiazole rings is 1. The minimum Gasteiger partial charge on any atom is -0.376 e. The van der Waals surface area contributed by atoms with Crippen LogP contribution in [0.3, 0.4) is 0 Å². The van der Waals surface area contributed by atoms with Gasteiger partial charge in [-0.15, -0.1) is 11.3 Å². The van der Waals surface area contributed by atoms with Crippen molar-refractivity contribution in [3.05, 3.63) is 52.0 Å². The van der Waals surface area contributed by atoms with Crippen molar-refractivity contribution < 1.29 is 9.53 Å². The molecule has 2 aromatic rings. The molecule has 1 aromatic heterocycles. The predicted molar refractivity (Wildman–Crippen MR) is 91.7 cm³/mol. The summed E-state index contributed by atoms with van der Waals surface area (Å²) in [7, 11) is 0. The maximum absolute atomic E-state index is 12.0. The van der Waals surface area contributed by atoms with Crippen LogP contribution < -0.4 is 5.32 Å². The highest BCUT2D eigenvalue weighted by molar-refractivity contribution is 7.09. The fourth-order valence-corrected chi connectivity index (χ4v) is 3.50. The highest BCUT2D eigenvalue weighted by Gasteiger charge is 2.16. The summed E-state index contributed by atoms with van der Waals surface area (Å²) >= 11 is 1.64. The SMILES string of the molecule is O=C(Cc1csc(CCc2ccccc2)n1)NCC1CCCO1. The fraction of sp³-hybridized carbons (Fsp3) is 0.444. The van der Waals surface area contributed by atoms with E-state index in [0.717, 1.165) is 43.0 Å².